The number of halogens is 1. The van der Waals surface area contributed by atoms with Crippen molar-refractivity contribution in [3.63, 3.8) is 0 Å². The average Bonchev–Trinajstić information content (AvgIpc) is 2.08. The SMILES string of the molecule is CCOc1cnc(Cl)c([N+](=O)[O-])c1. The van der Waals surface area contributed by atoms with E-state index in [1.54, 1.807) is 6.92 Å². The summed E-state index contributed by atoms with van der Waals surface area (Å²) in [5, 5.41) is 10.3. The van der Waals surface area contributed by atoms with Crippen molar-refractivity contribution < 1.29 is 9.66 Å². The Morgan fingerprint density at radius 2 is 2.46 bits per heavy atom. The Labute approximate surface area is 79.5 Å². The highest BCUT2D eigenvalue weighted by Gasteiger charge is 2.14. The molecule has 0 atom stereocenters. The minimum absolute atomic E-state index is 0.131. The molecule has 0 radical (unpaired) electrons. The van der Waals surface area contributed by atoms with Gasteiger partial charge in [-0.25, -0.2) is 4.98 Å². The summed E-state index contributed by atoms with van der Waals surface area (Å²) < 4.78 is 5.03. The zero-order chi connectivity index (χ0) is 9.84. The van der Waals surface area contributed by atoms with Crippen molar-refractivity contribution in [2.24, 2.45) is 0 Å². The fourth-order valence-electron chi connectivity index (χ4n) is 0.792. The van der Waals surface area contributed by atoms with Gasteiger partial charge in [-0.15, -0.1) is 0 Å². The molecule has 0 unspecified atom stereocenters. The van der Waals surface area contributed by atoms with Gasteiger partial charge in [0.05, 0.1) is 23.8 Å². The normalized spacial score (nSPS) is 9.69. The van der Waals surface area contributed by atoms with Crippen LogP contribution in [0.25, 0.3) is 0 Å². The van der Waals surface area contributed by atoms with E-state index in [-0.39, 0.29) is 10.8 Å². The summed E-state index contributed by atoms with van der Waals surface area (Å²) in [6.45, 7) is 2.21. The van der Waals surface area contributed by atoms with E-state index in [4.69, 9.17) is 16.3 Å². The molecule has 0 N–H and O–H groups in total. The van der Waals surface area contributed by atoms with Gasteiger partial charge in [0.15, 0.2) is 0 Å². The second-order valence-corrected chi connectivity index (χ2v) is 2.53. The van der Waals surface area contributed by atoms with Gasteiger partial charge in [-0.3, -0.25) is 10.1 Å². The molecule has 0 aliphatic heterocycles. The number of nitro groups is 1. The zero-order valence-electron chi connectivity index (χ0n) is 6.86. The molecule has 0 aliphatic rings. The number of rotatable bonds is 3. The summed E-state index contributed by atoms with van der Waals surface area (Å²) in [6, 6.07) is 1.25. The van der Waals surface area contributed by atoms with Gasteiger partial charge < -0.3 is 4.74 Å². The molecule has 0 fully saturated rings. The number of pyridine rings is 1. The molecular formula is C7H7ClN2O3. The maximum Gasteiger partial charge on any atom is 0.310 e. The fourth-order valence-corrected chi connectivity index (χ4v) is 0.964. The lowest BCUT2D eigenvalue weighted by Gasteiger charge is -2.01. The zero-order valence-corrected chi connectivity index (χ0v) is 7.61. The minimum Gasteiger partial charge on any atom is -0.492 e. The van der Waals surface area contributed by atoms with E-state index in [0.29, 0.717) is 12.4 Å². The predicted octanol–water partition coefficient (Wildman–Crippen LogP) is 2.04. The van der Waals surface area contributed by atoms with Crippen LogP contribution in [0.3, 0.4) is 0 Å². The molecule has 70 valence electrons. The third-order valence-corrected chi connectivity index (χ3v) is 1.59. The highest BCUT2D eigenvalue weighted by molar-refractivity contribution is 6.31. The van der Waals surface area contributed by atoms with Gasteiger partial charge in [-0.05, 0) is 6.92 Å². The summed E-state index contributed by atoms with van der Waals surface area (Å²) in [4.78, 5) is 13.4. The first-order valence-electron chi connectivity index (χ1n) is 3.58. The maximum absolute atomic E-state index is 10.4. The number of hydrogen-bond donors (Lipinski definition) is 0. The van der Waals surface area contributed by atoms with E-state index >= 15 is 0 Å². The molecule has 1 rings (SSSR count). The predicted molar refractivity (Wildman–Crippen MR) is 47.1 cm³/mol. The van der Waals surface area contributed by atoms with Gasteiger partial charge in [-0.1, -0.05) is 11.6 Å². The molecular weight excluding hydrogens is 196 g/mol. The van der Waals surface area contributed by atoms with Gasteiger partial charge >= 0.3 is 5.69 Å². The minimum atomic E-state index is -0.599. The molecule has 5 nitrogen and oxygen atoms in total. The van der Waals surface area contributed by atoms with Crippen molar-refractivity contribution >= 4 is 17.3 Å². The Bertz CT molecular complexity index is 330. The van der Waals surface area contributed by atoms with Gasteiger partial charge in [-0.2, -0.15) is 0 Å². The summed E-state index contributed by atoms with van der Waals surface area (Å²) in [5.74, 6) is 0.346. The Morgan fingerprint density at radius 3 is 3.00 bits per heavy atom. The summed E-state index contributed by atoms with van der Waals surface area (Å²) in [6.07, 6.45) is 1.35. The first kappa shape index (κ1) is 9.73. The fraction of sp³-hybridized carbons (Fsp3) is 0.286. The van der Waals surface area contributed by atoms with Crippen LogP contribution in [-0.2, 0) is 0 Å². The lowest BCUT2D eigenvalue weighted by atomic mass is 10.4. The van der Waals surface area contributed by atoms with Crippen molar-refractivity contribution in [1.29, 1.82) is 0 Å². The smallest absolute Gasteiger partial charge is 0.310 e. The third kappa shape index (κ3) is 2.29. The van der Waals surface area contributed by atoms with E-state index in [1.165, 1.54) is 12.3 Å². The quantitative estimate of drug-likeness (QED) is 0.427. The van der Waals surface area contributed by atoms with Gasteiger partial charge in [0, 0.05) is 0 Å². The van der Waals surface area contributed by atoms with E-state index in [0.717, 1.165) is 0 Å². The van der Waals surface area contributed by atoms with Crippen molar-refractivity contribution in [2.45, 2.75) is 6.92 Å². The Kier molecular flexibility index (Phi) is 3.02. The second-order valence-electron chi connectivity index (χ2n) is 2.17. The van der Waals surface area contributed by atoms with Crippen molar-refractivity contribution in [3.8, 4) is 5.75 Å². The topological polar surface area (TPSA) is 65.3 Å². The molecule has 0 saturated carbocycles. The van der Waals surface area contributed by atoms with Crippen molar-refractivity contribution in [3.05, 3.63) is 27.5 Å². The van der Waals surface area contributed by atoms with Gasteiger partial charge in [0.25, 0.3) is 0 Å². The number of ether oxygens (including phenoxy) is 1. The lowest BCUT2D eigenvalue weighted by Crippen LogP contribution is -1.95. The largest absolute Gasteiger partial charge is 0.492 e. The molecule has 0 aromatic carbocycles. The summed E-state index contributed by atoms with van der Waals surface area (Å²) in [5.41, 5.74) is -0.243. The molecule has 1 heterocycles. The Balaban J connectivity index is 3.04. The van der Waals surface area contributed by atoms with Crippen LogP contribution >= 0.6 is 11.6 Å². The molecule has 0 spiro atoms. The monoisotopic (exact) mass is 202 g/mol. The van der Waals surface area contributed by atoms with E-state index in [2.05, 4.69) is 4.98 Å². The molecule has 0 aliphatic carbocycles. The van der Waals surface area contributed by atoms with Crippen LogP contribution in [0.4, 0.5) is 5.69 Å². The highest BCUT2D eigenvalue weighted by Crippen LogP contribution is 2.25. The van der Waals surface area contributed by atoms with Crippen LogP contribution in [0.5, 0.6) is 5.75 Å². The molecule has 1 aromatic rings. The molecule has 13 heavy (non-hydrogen) atoms. The van der Waals surface area contributed by atoms with Crippen LogP contribution in [0, 0.1) is 10.1 Å². The summed E-state index contributed by atoms with van der Waals surface area (Å²) >= 11 is 5.48. The van der Waals surface area contributed by atoms with Crippen molar-refractivity contribution in [2.75, 3.05) is 6.61 Å². The van der Waals surface area contributed by atoms with Crippen molar-refractivity contribution in [1.82, 2.24) is 4.98 Å². The molecule has 6 heteroatoms. The summed E-state index contributed by atoms with van der Waals surface area (Å²) in [7, 11) is 0. The van der Waals surface area contributed by atoms with Gasteiger partial charge in [0.2, 0.25) is 5.15 Å². The Hall–Kier alpha value is -1.36. The number of aromatic nitrogens is 1. The first-order valence-corrected chi connectivity index (χ1v) is 3.95. The van der Waals surface area contributed by atoms with E-state index in [1.807, 2.05) is 0 Å². The van der Waals surface area contributed by atoms with Crippen LogP contribution in [0.1, 0.15) is 6.92 Å². The van der Waals surface area contributed by atoms with Crippen LogP contribution < -0.4 is 4.74 Å². The van der Waals surface area contributed by atoms with Crippen LogP contribution in [0.2, 0.25) is 5.15 Å². The Morgan fingerprint density at radius 1 is 1.77 bits per heavy atom. The van der Waals surface area contributed by atoms with E-state index < -0.39 is 4.92 Å². The van der Waals surface area contributed by atoms with Gasteiger partial charge in [0.1, 0.15) is 5.75 Å². The third-order valence-electron chi connectivity index (χ3n) is 1.30. The first-order chi connectivity index (χ1) is 6.15. The van der Waals surface area contributed by atoms with Crippen LogP contribution in [0.15, 0.2) is 12.3 Å². The standard InChI is InChI=1S/C7H7ClN2O3/c1-2-13-5-3-6(10(11)12)7(8)9-4-5/h3-4H,2H2,1H3. The number of nitrogens with zero attached hydrogens (tertiary/aromatic N) is 2. The lowest BCUT2D eigenvalue weighted by molar-refractivity contribution is -0.385. The van der Waals surface area contributed by atoms with E-state index in [9.17, 15) is 10.1 Å². The average molecular weight is 203 g/mol. The molecule has 0 saturated heterocycles. The number of hydrogen-bond acceptors (Lipinski definition) is 4. The second kappa shape index (κ2) is 4.04. The molecule has 0 amide bonds. The maximum atomic E-state index is 10.4. The molecule has 0 bridgehead atoms. The molecule has 1 aromatic heterocycles. The van der Waals surface area contributed by atoms with Crippen LogP contribution in [-0.4, -0.2) is 16.5 Å². The highest BCUT2D eigenvalue weighted by atomic mass is 35.5.